The molecular weight excluding hydrogens is 335 g/mol. The van der Waals surface area contributed by atoms with E-state index in [0.29, 0.717) is 24.9 Å². The van der Waals surface area contributed by atoms with E-state index in [1.165, 1.54) is 51.7 Å². The summed E-state index contributed by atoms with van der Waals surface area (Å²) in [5, 5.41) is 2.68. The quantitative estimate of drug-likeness (QED) is 0.894. The van der Waals surface area contributed by atoms with E-state index in [2.05, 4.69) is 15.1 Å². The summed E-state index contributed by atoms with van der Waals surface area (Å²) in [6, 6.07) is 4.87. The molecule has 0 aromatic heterocycles. The summed E-state index contributed by atoms with van der Waals surface area (Å²) in [6.45, 7) is 6.84. The van der Waals surface area contributed by atoms with E-state index in [1.54, 1.807) is 11.0 Å². The lowest BCUT2D eigenvalue weighted by Gasteiger charge is -2.50. The molecule has 6 nitrogen and oxygen atoms in total. The largest absolute Gasteiger partial charge is 0.497 e. The number of ether oxygens (including phenoxy) is 1. The number of piperidine rings is 3. The van der Waals surface area contributed by atoms with E-state index in [0.717, 1.165) is 19.0 Å². The maximum atomic E-state index is 14.0. The SMILES string of the molecule is COc1ccc(NC(=O)N2CCN([C@H]3CN4CCC3CC4)CC2)c(F)c1. The molecule has 1 atom stereocenters. The number of carbonyl (C=O) groups is 1. The molecule has 4 aliphatic heterocycles. The van der Waals surface area contributed by atoms with Crippen LogP contribution >= 0.6 is 0 Å². The molecule has 0 radical (unpaired) electrons. The molecule has 4 heterocycles. The maximum Gasteiger partial charge on any atom is 0.322 e. The van der Waals surface area contributed by atoms with Crippen molar-refractivity contribution in [1.29, 1.82) is 0 Å². The number of fused-ring (bicyclic) bond motifs is 3. The number of halogens is 1. The van der Waals surface area contributed by atoms with Crippen molar-refractivity contribution in [2.24, 2.45) is 5.92 Å². The van der Waals surface area contributed by atoms with Crippen molar-refractivity contribution in [3.63, 3.8) is 0 Å². The van der Waals surface area contributed by atoms with Crippen LogP contribution < -0.4 is 10.1 Å². The summed E-state index contributed by atoms with van der Waals surface area (Å²) in [5.74, 6) is 0.768. The lowest BCUT2D eigenvalue weighted by atomic mass is 9.83. The molecule has 7 heteroatoms. The predicted molar refractivity (Wildman–Crippen MR) is 98.1 cm³/mol. The zero-order chi connectivity index (χ0) is 18.1. The number of piperazine rings is 1. The van der Waals surface area contributed by atoms with Crippen molar-refractivity contribution in [3.8, 4) is 5.75 Å². The first-order valence-electron chi connectivity index (χ1n) is 9.50. The summed E-state index contributed by atoms with van der Waals surface area (Å²) in [7, 11) is 1.49. The Kier molecular flexibility index (Phi) is 5.00. The Morgan fingerprint density at radius 1 is 1.15 bits per heavy atom. The predicted octanol–water partition coefficient (Wildman–Crippen LogP) is 2.08. The van der Waals surface area contributed by atoms with Gasteiger partial charge in [0, 0.05) is 44.8 Å². The minimum Gasteiger partial charge on any atom is -0.497 e. The van der Waals surface area contributed by atoms with Gasteiger partial charge in [0.1, 0.15) is 11.6 Å². The van der Waals surface area contributed by atoms with Crippen LogP contribution in [0.3, 0.4) is 0 Å². The van der Waals surface area contributed by atoms with Gasteiger partial charge in [-0.25, -0.2) is 9.18 Å². The number of nitrogens with zero attached hydrogens (tertiary/aromatic N) is 3. The molecule has 4 fully saturated rings. The molecule has 2 bridgehead atoms. The fraction of sp³-hybridized carbons (Fsp3) is 0.632. The van der Waals surface area contributed by atoms with E-state index in [1.807, 2.05) is 0 Å². The highest BCUT2D eigenvalue weighted by atomic mass is 19.1. The Labute approximate surface area is 153 Å². The van der Waals surface area contributed by atoms with E-state index in [9.17, 15) is 9.18 Å². The van der Waals surface area contributed by atoms with Crippen molar-refractivity contribution in [2.45, 2.75) is 18.9 Å². The second-order valence-electron chi connectivity index (χ2n) is 7.50. The van der Waals surface area contributed by atoms with Gasteiger partial charge in [0.25, 0.3) is 0 Å². The van der Waals surface area contributed by atoms with Gasteiger partial charge in [-0.05, 0) is 44.0 Å². The lowest BCUT2D eigenvalue weighted by Crippen LogP contribution is -2.61. The number of rotatable bonds is 3. The number of benzene rings is 1. The molecule has 26 heavy (non-hydrogen) atoms. The smallest absolute Gasteiger partial charge is 0.322 e. The third-order valence-corrected chi connectivity index (χ3v) is 6.11. The first-order chi connectivity index (χ1) is 12.6. The van der Waals surface area contributed by atoms with Crippen LogP contribution in [0.2, 0.25) is 0 Å². The molecule has 1 aromatic rings. The average Bonchev–Trinajstić information content (AvgIpc) is 2.70. The Bertz CT molecular complexity index is 655. The lowest BCUT2D eigenvalue weighted by molar-refractivity contribution is -0.00971. The van der Waals surface area contributed by atoms with E-state index in [-0.39, 0.29) is 11.7 Å². The number of anilines is 1. The molecule has 1 aromatic carbocycles. The van der Waals surface area contributed by atoms with Crippen LogP contribution in [-0.4, -0.2) is 79.7 Å². The Morgan fingerprint density at radius 3 is 2.46 bits per heavy atom. The van der Waals surface area contributed by atoms with Crippen LogP contribution in [0.15, 0.2) is 18.2 Å². The fourth-order valence-electron chi connectivity index (χ4n) is 4.52. The Balaban J connectivity index is 1.31. The van der Waals surface area contributed by atoms with Crippen LogP contribution in [0.4, 0.5) is 14.9 Å². The summed E-state index contributed by atoms with van der Waals surface area (Å²) < 4.78 is 19.0. The number of methoxy groups -OCH3 is 1. The molecule has 0 unspecified atom stereocenters. The van der Waals surface area contributed by atoms with Gasteiger partial charge in [0.15, 0.2) is 0 Å². The zero-order valence-electron chi connectivity index (χ0n) is 15.3. The Morgan fingerprint density at radius 2 is 1.88 bits per heavy atom. The summed E-state index contributed by atoms with van der Waals surface area (Å²) in [4.78, 5) is 19.4. The topological polar surface area (TPSA) is 48.1 Å². The Hall–Kier alpha value is -1.86. The standard InChI is InChI=1S/C19H27FN4O2/c1-26-15-2-3-17(16(20)12-15)21-19(25)24-10-8-23(9-11-24)18-13-22-6-4-14(18)5-7-22/h2-3,12,14,18H,4-11,13H2,1H3,(H,21,25)/t18-/m0/s1. The van der Waals surface area contributed by atoms with Crippen molar-refractivity contribution >= 4 is 11.7 Å². The highest BCUT2D eigenvalue weighted by Gasteiger charge is 2.38. The monoisotopic (exact) mass is 362 g/mol. The van der Waals surface area contributed by atoms with Crippen molar-refractivity contribution in [2.75, 3.05) is 58.2 Å². The van der Waals surface area contributed by atoms with E-state index >= 15 is 0 Å². The molecule has 5 rings (SSSR count). The molecule has 0 aliphatic carbocycles. The van der Waals surface area contributed by atoms with Gasteiger partial charge >= 0.3 is 6.03 Å². The van der Waals surface area contributed by atoms with Gasteiger partial charge in [-0.1, -0.05) is 0 Å². The number of amides is 2. The zero-order valence-corrected chi connectivity index (χ0v) is 15.3. The van der Waals surface area contributed by atoms with Gasteiger partial charge in [-0.15, -0.1) is 0 Å². The van der Waals surface area contributed by atoms with Crippen molar-refractivity contribution < 1.29 is 13.9 Å². The van der Waals surface area contributed by atoms with Gasteiger partial charge in [-0.2, -0.15) is 0 Å². The molecule has 4 saturated heterocycles. The number of urea groups is 1. The van der Waals surface area contributed by atoms with Crippen LogP contribution in [0, 0.1) is 11.7 Å². The van der Waals surface area contributed by atoms with Crippen molar-refractivity contribution in [1.82, 2.24) is 14.7 Å². The first-order valence-corrected chi connectivity index (χ1v) is 9.50. The molecule has 1 N–H and O–H groups in total. The van der Waals surface area contributed by atoms with Gasteiger partial charge in [0.2, 0.25) is 0 Å². The third kappa shape index (κ3) is 3.50. The molecule has 2 amide bonds. The molecule has 0 saturated carbocycles. The highest BCUT2D eigenvalue weighted by molar-refractivity contribution is 5.89. The van der Waals surface area contributed by atoms with E-state index in [4.69, 9.17) is 4.74 Å². The highest BCUT2D eigenvalue weighted by Crippen LogP contribution is 2.31. The molecule has 0 spiro atoms. The average molecular weight is 362 g/mol. The van der Waals surface area contributed by atoms with Crippen LogP contribution in [0.5, 0.6) is 5.75 Å². The van der Waals surface area contributed by atoms with Crippen molar-refractivity contribution in [3.05, 3.63) is 24.0 Å². The minimum atomic E-state index is -0.483. The van der Waals surface area contributed by atoms with Crippen LogP contribution in [0.25, 0.3) is 0 Å². The molecule has 142 valence electrons. The minimum absolute atomic E-state index is 0.190. The summed E-state index contributed by atoms with van der Waals surface area (Å²) in [6.07, 6.45) is 2.62. The maximum absolute atomic E-state index is 14.0. The third-order valence-electron chi connectivity index (χ3n) is 6.11. The normalized spacial score (nSPS) is 28.8. The number of nitrogens with one attached hydrogen (secondary N) is 1. The number of hydrogen-bond acceptors (Lipinski definition) is 4. The second-order valence-corrected chi connectivity index (χ2v) is 7.50. The summed E-state index contributed by atoms with van der Waals surface area (Å²) in [5.41, 5.74) is 0.190. The fourth-order valence-corrected chi connectivity index (χ4v) is 4.52. The first kappa shape index (κ1) is 17.5. The molecule has 4 aliphatic rings. The van der Waals surface area contributed by atoms with Gasteiger partial charge < -0.3 is 19.9 Å². The molecular formula is C19H27FN4O2. The number of carbonyl (C=O) groups excluding carboxylic acids is 1. The van der Waals surface area contributed by atoms with Crippen LogP contribution in [0.1, 0.15) is 12.8 Å². The van der Waals surface area contributed by atoms with E-state index < -0.39 is 5.82 Å². The van der Waals surface area contributed by atoms with Gasteiger partial charge in [-0.3, -0.25) is 4.90 Å². The van der Waals surface area contributed by atoms with Crippen LogP contribution in [-0.2, 0) is 0 Å². The second kappa shape index (κ2) is 7.40. The van der Waals surface area contributed by atoms with Gasteiger partial charge in [0.05, 0.1) is 12.8 Å². The summed E-state index contributed by atoms with van der Waals surface area (Å²) >= 11 is 0. The number of hydrogen-bond donors (Lipinski definition) is 1.